The second kappa shape index (κ2) is 4.74. The molecule has 3 nitrogen and oxygen atoms in total. The van der Waals surface area contributed by atoms with Gasteiger partial charge in [0.25, 0.3) is 0 Å². The van der Waals surface area contributed by atoms with Gasteiger partial charge in [-0.15, -0.1) is 11.6 Å². The maximum absolute atomic E-state index is 12.9. The molecule has 0 heterocycles. The summed E-state index contributed by atoms with van der Waals surface area (Å²) in [6.45, 7) is 0. The normalized spacial score (nSPS) is 15.0. The Bertz CT molecular complexity index is 336. The molecule has 0 aliphatic heterocycles. The smallest absolute Gasteiger partial charge is 0.187 e. The van der Waals surface area contributed by atoms with Crippen molar-refractivity contribution in [3.05, 3.63) is 29.3 Å². The molecule has 2 atom stereocenters. The number of phenolic OH excluding ortho intramolecular Hbond substituents is 1. The van der Waals surface area contributed by atoms with Crippen LogP contribution in [0.2, 0.25) is 0 Å². The van der Waals surface area contributed by atoms with Crippen molar-refractivity contribution in [2.24, 2.45) is 0 Å². The molecule has 0 amide bonds. The van der Waals surface area contributed by atoms with E-state index in [0.717, 1.165) is 12.1 Å². The van der Waals surface area contributed by atoms with Crippen molar-refractivity contribution < 1.29 is 24.1 Å². The van der Waals surface area contributed by atoms with Crippen LogP contribution in [0.3, 0.4) is 0 Å². The molecule has 0 fully saturated rings. The number of phenols is 1. The highest BCUT2D eigenvalue weighted by Crippen LogP contribution is 2.26. The van der Waals surface area contributed by atoms with Crippen molar-refractivity contribution in [2.45, 2.75) is 12.2 Å². The van der Waals surface area contributed by atoms with Crippen LogP contribution in [0.15, 0.2) is 12.1 Å². The predicted octanol–water partition coefficient (Wildman–Crippen LogP) is 1.30. The first kappa shape index (κ1) is 12.2. The Labute approximate surface area is 89.5 Å². The van der Waals surface area contributed by atoms with Gasteiger partial charge in [0.1, 0.15) is 6.10 Å². The van der Waals surface area contributed by atoms with Gasteiger partial charge in [-0.1, -0.05) is 0 Å². The Balaban J connectivity index is 3.06. The monoisotopic (exact) mass is 238 g/mol. The Morgan fingerprint density at radius 1 is 1.20 bits per heavy atom. The Hall–Kier alpha value is -0.910. The fraction of sp³-hybridized carbons (Fsp3) is 0.333. The van der Waals surface area contributed by atoms with Gasteiger partial charge in [0.05, 0.1) is 12.0 Å². The van der Waals surface area contributed by atoms with E-state index in [1.807, 2.05) is 0 Å². The molecule has 0 aromatic heterocycles. The molecule has 15 heavy (non-hydrogen) atoms. The average molecular weight is 239 g/mol. The highest BCUT2D eigenvalue weighted by Gasteiger charge is 2.20. The zero-order chi connectivity index (χ0) is 11.6. The molecule has 0 saturated carbocycles. The minimum absolute atomic E-state index is 0.184. The molecule has 0 saturated heterocycles. The summed E-state index contributed by atoms with van der Waals surface area (Å²) in [5.74, 6) is -3.80. The van der Waals surface area contributed by atoms with E-state index in [-0.39, 0.29) is 11.4 Å². The van der Waals surface area contributed by atoms with E-state index in [0.29, 0.717) is 0 Å². The fourth-order valence-electron chi connectivity index (χ4n) is 1.06. The first-order chi connectivity index (χ1) is 6.97. The number of hydrogen-bond donors (Lipinski definition) is 3. The van der Waals surface area contributed by atoms with Crippen LogP contribution in [0.1, 0.15) is 11.7 Å². The summed E-state index contributed by atoms with van der Waals surface area (Å²) in [4.78, 5) is 0. The van der Waals surface area contributed by atoms with E-state index >= 15 is 0 Å². The van der Waals surface area contributed by atoms with Crippen LogP contribution in [-0.4, -0.2) is 27.3 Å². The molecule has 0 radical (unpaired) electrons. The van der Waals surface area contributed by atoms with Gasteiger partial charge < -0.3 is 15.3 Å². The number of alkyl halides is 1. The summed E-state index contributed by atoms with van der Waals surface area (Å²) < 4.78 is 25.7. The van der Waals surface area contributed by atoms with Crippen LogP contribution in [-0.2, 0) is 0 Å². The van der Waals surface area contributed by atoms with Crippen LogP contribution in [0.25, 0.3) is 0 Å². The summed E-state index contributed by atoms with van der Waals surface area (Å²) >= 11 is 5.26. The Kier molecular flexibility index (Phi) is 3.84. The van der Waals surface area contributed by atoms with E-state index in [1.54, 1.807) is 0 Å². The predicted molar refractivity (Wildman–Crippen MR) is 49.7 cm³/mol. The number of benzene rings is 1. The van der Waals surface area contributed by atoms with Gasteiger partial charge in [0, 0.05) is 0 Å². The van der Waals surface area contributed by atoms with Gasteiger partial charge in [0.2, 0.25) is 0 Å². The van der Waals surface area contributed by atoms with Gasteiger partial charge in [0.15, 0.2) is 17.4 Å². The van der Waals surface area contributed by atoms with Gasteiger partial charge in [-0.05, 0) is 17.7 Å². The summed E-state index contributed by atoms with van der Waals surface area (Å²) in [6.07, 6.45) is -2.82. The molecule has 1 aromatic rings. The topological polar surface area (TPSA) is 60.7 Å². The van der Waals surface area contributed by atoms with Crippen LogP contribution >= 0.6 is 11.6 Å². The summed E-state index contributed by atoms with van der Waals surface area (Å²) in [5.41, 5.74) is -0.184. The second-order valence-electron chi connectivity index (χ2n) is 3.00. The van der Waals surface area contributed by atoms with E-state index < -0.39 is 29.6 Å². The molecule has 2 unspecified atom stereocenters. The third-order valence-electron chi connectivity index (χ3n) is 1.90. The average Bonchev–Trinajstić information content (AvgIpc) is 2.23. The zero-order valence-electron chi connectivity index (χ0n) is 7.49. The Morgan fingerprint density at radius 2 is 1.67 bits per heavy atom. The molecule has 6 heteroatoms. The van der Waals surface area contributed by atoms with Crippen molar-refractivity contribution in [3.8, 4) is 5.75 Å². The largest absolute Gasteiger partial charge is 0.503 e. The van der Waals surface area contributed by atoms with Crippen molar-refractivity contribution >= 4 is 11.6 Å². The zero-order valence-corrected chi connectivity index (χ0v) is 8.25. The lowest BCUT2D eigenvalue weighted by Gasteiger charge is -2.16. The molecule has 1 rings (SSSR count). The third-order valence-corrected chi connectivity index (χ3v) is 2.22. The number of aliphatic hydroxyl groups is 2. The van der Waals surface area contributed by atoms with E-state index in [2.05, 4.69) is 0 Å². The quantitative estimate of drug-likeness (QED) is 0.696. The first-order valence-electron chi connectivity index (χ1n) is 4.07. The standard InChI is InChI=1S/C9H9ClF2O3/c10-3-7(13)8(14)4-1-5(11)9(15)6(12)2-4/h1-2,7-8,13-15H,3H2. The lowest BCUT2D eigenvalue weighted by Crippen LogP contribution is -2.20. The molecular weight excluding hydrogens is 230 g/mol. The van der Waals surface area contributed by atoms with Crippen LogP contribution in [0.4, 0.5) is 8.78 Å². The number of halogens is 3. The highest BCUT2D eigenvalue weighted by molar-refractivity contribution is 6.18. The van der Waals surface area contributed by atoms with E-state index in [1.165, 1.54) is 0 Å². The van der Waals surface area contributed by atoms with Crippen molar-refractivity contribution in [1.82, 2.24) is 0 Å². The minimum atomic E-state index is -1.49. The van der Waals surface area contributed by atoms with Crippen LogP contribution in [0, 0.1) is 11.6 Å². The van der Waals surface area contributed by atoms with Crippen molar-refractivity contribution in [3.63, 3.8) is 0 Å². The minimum Gasteiger partial charge on any atom is -0.503 e. The van der Waals surface area contributed by atoms with Gasteiger partial charge in [-0.3, -0.25) is 0 Å². The van der Waals surface area contributed by atoms with Gasteiger partial charge in [-0.2, -0.15) is 0 Å². The molecule has 1 aromatic carbocycles. The third kappa shape index (κ3) is 2.56. The molecular formula is C9H9ClF2O3. The SMILES string of the molecule is Oc1c(F)cc(C(O)C(O)CCl)cc1F. The first-order valence-corrected chi connectivity index (χ1v) is 4.60. The number of aliphatic hydroxyl groups excluding tert-OH is 2. The second-order valence-corrected chi connectivity index (χ2v) is 3.31. The number of hydrogen-bond acceptors (Lipinski definition) is 3. The number of aromatic hydroxyl groups is 1. The molecule has 84 valence electrons. The Morgan fingerprint density at radius 3 is 2.07 bits per heavy atom. The molecule has 0 bridgehead atoms. The fourth-order valence-corrected chi connectivity index (χ4v) is 1.23. The molecule has 3 N–H and O–H groups in total. The molecule has 0 spiro atoms. The van der Waals surface area contributed by atoms with E-state index in [9.17, 15) is 13.9 Å². The summed E-state index contributed by atoms with van der Waals surface area (Å²) in [7, 11) is 0. The van der Waals surface area contributed by atoms with Crippen molar-refractivity contribution in [2.75, 3.05) is 5.88 Å². The van der Waals surface area contributed by atoms with Crippen molar-refractivity contribution in [1.29, 1.82) is 0 Å². The summed E-state index contributed by atoms with van der Waals surface area (Å²) in [6, 6.07) is 1.47. The highest BCUT2D eigenvalue weighted by atomic mass is 35.5. The van der Waals surface area contributed by atoms with E-state index in [4.69, 9.17) is 21.8 Å². The lowest BCUT2D eigenvalue weighted by atomic mass is 10.0. The maximum Gasteiger partial charge on any atom is 0.187 e. The molecule has 0 aliphatic carbocycles. The van der Waals surface area contributed by atoms with Crippen LogP contribution in [0.5, 0.6) is 5.75 Å². The summed E-state index contributed by atoms with van der Waals surface area (Å²) in [5, 5.41) is 27.3. The van der Waals surface area contributed by atoms with Gasteiger partial charge in [-0.25, -0.2) is 8.78 Å². The number of rotatable bonds is 3. The van der Waals surface area contributed by atoms with Gasteiger partial charge >= 0.3 is 0 Å². The lowest BCUT2D eigenvalue weighted by molar-refractivity contribution is 0.0323. The molecule has 0 aliphatic rings. The van der Waals surface area contributed by atoms with Crippen LogP contribution < -0.4 is 0 Å². The maximum atomic E-state index is 12.9.